The summed E-state index contributed by atoms with van der Waals surface area (Å²) in [5, 5.41) is 5.94. The summed E-state index contributed by atoms with van der Waals surface area (Å²) >= 11 is 7.68. The summed E-state index contributed by atoms with van der Waals surface area (Å²) in [7, 11) is 0. The van der Waals surface area contributed by atoms with Crippen molar-refractivity contribution in [2.45, 2.75) is 25.1 Å². The molecule has 5 heteroatoms. The molecule has 3 nitrogen and oxygen atoms in total. The fourth-order valence-corrected chi connectivity index (χ4v) is 3.63. The van der Waals surface area contributed by atoms with Crippen LogP contribution in [0.15, 0.2) is 11.7 Å². The van der Waals surface area contributed by atoms with Gasteiger partial charge in [-0.25, -0.2) is 9.97 Å². The van der Waals surface area contributed by atoms with Gasteiger partial charge >= 0.3 is 0 Å². The molecule has 1 saturated carbocycles. The van der Waals surface area contributed by atoms with E-state index in [0.717, 1.165) is 35.4 Å². The van der Waals surface area contributed by atoms with Crippen LogP contribution < -0.4 is 5.32 Å². The number of fused-ring (bicyclic) bond motifs is 1. The summed E-state index contributed by atoms with van der Waals surface area (Å²) < 4.78 is 1.16. The van der Waals surface area contributed by atoms with Crippen LogP contribution in [0.2, 0.25) is 0 Å². The molecular formula is C12H14ClN3S. The van der Waals surface area contributed by atoms with Gasteiger partial charge in [-0.2, -0.15) is 0 Å². The number of aryl methyl sites for hydroxylation is 1. The highest BCUT2D eigenvalue weighted by Crippen LogP contribution is 2.33. The standard InChI is InChI=1S/C12H14ClN3S/c1-7-5-17-11-10(7)15-6-16-12(11)14-4-8-2-9(13)3-8/h5-6,8-9H,2-4H2,1H3,(H,14,15,16). The Labute approximate surface area is 109 Å². The molecule has 2 aromatic heterocycles. The SMILES string of the molecule is Cc1csc2c(NCC3CC(Cl)C3)ncnc12. The number of alkyl halides is 1. The molecule has 0 radical (unpaired) electrons. The Morgan fingerprint density at radius 3 is 3.06 bits per heavy atom. The normalized spacial score (nSPS) is 23.6. The Morgan fingerprint density at radius 2 is 2.29 bits per heavy atom. The maximum absolute atomic E-state index is 5.97. The largest absolute Gasteiger partial charge is 0.369 e. The highest BCUT2D eigenvalue weighted by Gasteiger charge is 2.27. The van der Waals surface area contributed by atoms with Crippen molar-refractivity contribution < 1.29 is 0 Å². The molecule has 0 aliphatic heterocycles. The van der Waals surface area contributed by atoms with Crippen LogP contribution in [0.5, 0.6) is 0 Å². The van der Waals surface area contributed by atoms with Crippen LogP contribution in [0.25, 0.3) is 10.2 Å². The lowest BCUT2D eigenvalue weighted by molar-refractivity contribution is 0.341. The van der Waals surface area contributed by atoms with Gasteiger partial charge in [-0.1, -0.05) is 0 Å². The fourth-order valence-electron chi connectivity index (χ4n) is 2.16. The van der Waals surface area contributed by atoms with Crippen LogP contribution >= 0.6 is 22.9 Å². The number of hydrogen-bond donors (Lipinski definition) is 1. The number of anilines is 1. The van der Waals surface area contributed by atoms with Crippen molar-refractivity contribution in [3.8, 4) is 0 Å². The topological polar surface area (TPSA) is 37.8 Å². The number of nitrogens with zero attached hydrogens (tertiary/aromatic N) is 2. The van der Waals surface area contributed by atoms with Crippen molar-refractivity contribution in [1.82, 2.24) is 9.97 Å². The average molecular weight is 268 g/mol. The third-order valence-corrected chi connectivity index (χ3v) is 4.72. The maximum atomic E-state index is 5.97. The van der Waals surface area contributed by atoms with E-state index in [-0.39, 0.29) is 0 Å². The number of aromatic nitrogens is 2. The summed E-state index contributed by atoms with van der Waals surface area (Å²) in [5.74, 6) is 1.66. The van der Waals surface area contributed by atoms with Gasteiger partial charge in [-0.05, 0) is 36.6 Å². The van der Waals surface area contributed by atoms with Crippen LogP contribution in [0.1, 0.15) is 18.4 Å². The molecule has 90 valence electrons. The fraction of sp³-hybridized carbons (Fsp3) is 0.500. The monoisotopic (exact) mass is 267 g/mol. The van der Waals surface area contributed by atoms with E-state index in [1.165, 1.54) is 5.56 Å². The first-order valence-electron chi connectivity index (χ1n) is 5.81. The number of halogens is 1. The maximum Gasteiger partial charge on any atom is 0.147 e. The molecule has 0 saturated heterocycles. The van der Waals surface area contributed by atoms with E-state index in [1.54, 1.807) is 17.7 Å². The van der Waals surface area contributed by atoms with E-state index in [2.05, 4.69) is 27.6 Å². The molecule has 0 unspecified atom stereocenters. The van der Waals surface area contributed by atoms with Crippen LogP contribution in [0.3, 0.4) is 0 Å². The van der Waals surface area contributed by atoms with Gasteiger partial charge in [0, 0.05) is 11.9 Å². The van der Waals surface area contributed by atoms with Gasteiger partial charge < -0.3 is 5.32 Å². The zero-order chi connectivity index (χ0) is 11.8. The van der Waals surface area contributed by atoms with E-state index < -0.39 is 0 Å². The predicted octanol–water partition coefficient (Wildman–Crippen LogP) is 3.43. The zero-order valence-electron chi connectivity index (χ0n) is 9.61. The van der Waals surface area contributed by atoms with Gasteiger partial charge in [0.15, 0.2) is 0 Å². The quantitative estimate of drug-likeness (QED) is 0.866. The molecule has 17 heavy (non-hydrogen) atoms. The van der Waals surface area contributed by atoms with Crippen LogP contribution in [-0.4, -0.2) is 21.9 Å². The minimum absolute atomic E-state index is 0.385. The van der Waals surface area contributed by atoms with Gasteiger partial charge in [-0.15, -0.1) is 22.9 Å². The highest BCUT2D eigenvalue weighted by molar-refractivity contribution is 7.18. The molecule has 1 aliphatic carbocycles. The van der Waals surface area contributed by atoms with Gasteiger partial charge in [0.25, 0.3) is 0 Å². The van der Waals surface area contributed by atoms with E-state index in [0.29, 0.717) is 11.3 Å². The van der Waals surface area contributed by atoms with E-state index >= 15 is 0 Å². The van der Waals surface area contributed by atoms with Gasteiger partial charge in [0.1, 0.15) is 12.1 Å². The number of hydrogen-bond acceptors (Lipinski definition) is 4. The Morgan fingerprint density at radius 1 is 1.47 bits per heavy atom. The molecular weight excluding hydrogens is 254 g/mol. The minimum atomic E-state index is 0.385. The Kier molecular flexibility index (Phi) is 2.92. The van der Waals surface area contributed by atoms with E-state index in [9.17, 15) is 0 Å². The van der Waals surface area contributed by atoms with Gasteiger partial charge in [-0.3, -0.25) is 0 Å². The van der Waals surface area contributed by atoms with Crippen molar-refractivity contribution in [3.05, 3.63) is 17.3 Å². The zero-order valence-corrected chi connectivity index (χ0v) is 11.2. The molecule has 3 rings (SSSR count). The smallest absolute Gasteiger partial charge is 0.147 e. The summed E-state index contributed by atoms with van der Waals surface area (Å²) in [5.41, 5.74) is 2.29. The van der Waals surface area contributed by atoms with Gasteiger partial charge in [0.2, 0.25) is 0 Å². The molecule has 0 spiro atoms. The van der Waals surface area contributed by atoms with Crippen LogP contribution in [0.4, 0.5) is 5.82 Å². The lowest BCUT2D eigenvalue weighted by Gasteiger charge is -2.31. The molecule has 2 aromatic rings. The lowest BCUT2D eigenvalue weighted by Crippen LogP contribution is -2.30. The first-order valence-corrected chi connectivity index (χ1v) is 7.12. The third-order valence-electron chi connectivity index (χ3n) is 3.27. The molecule has 0 atom stereocenters. The molecule has 2 heterocycles. The molecule has 1 fully saturated rings. The van der Waals surface area contributed by atoms with Crippen molar-refractivity contribution in [1.29, 1.82) is 0 Å². The molecule has 1 N–H and O–H groups in total. The summed E-state index contributed by atoms with van der Waals surface area (Å²) in [6.45, 7) is 3.05. The summed E-state index contributed by atoms with van der Waals surface area (Å²) in [6, 6.07) is 0. The summed E-state index contributed by atoms with van der Waals surface area (Å²) in [6.07, 6.45) is 3.87. The van der Waals surface area contributed by atoms with Gasteiger partial charge in [0.05, 0.1) is 10.2 Å². The Hall–Kier alpha value is -0.870. The molecule has 0 bridgehead atoms. The lowest BCUT2D eigenvalue weighted by atomic mass is 9.85. The Balaban J connectivity index is 1.76. The average Bonchev–Trinajstić information content (AvgIpc) is 2.66. The Bertz CT molecular complexity index is 534. The van der Waals surface area contributed by atoms with Crippen LogP contribution in [-0.2, 0) is 0 Å². The van der Waals surface area contributed by atoms with Crippen molar-refractivity contribution >= 4 is 39.0 Å². The molecule has 0 amide bonds. The van der Waals surface area contributed by atoms with Crippen molar-refractivity contribution in [2.24, 2.45) is 5.92 Å². The number of rotatable bonds is 3. The summed E-state index contributed by atoms with van der Waals surface area (Å²) in [4.78, 5) is 8.64. The predicted molar refractivity (Wildman–Crippen MR) is 73.0 cm³/mol. The second kappa shape index (κ2) is 4.42. The van der Waals surface area contributed by atoms with E-state index in [1.807, 2.05) is 0 Å². The highest BCUT2D eigenvalue weighted by atomic mass is 35.5. The van der Waals surface area contributed by atoms with Crippen molar-refractivity contribution in [3.63, 3.8) is 0 Å². The third kappa shape index (κ3) is 2.11. The minimum Gasteiger partial charge on any atom is -0.369 e. The number of nitrogens with one attached hydrogen (secondary N) is 1. The number of thiophene rings is 1. The second-order valence-electron chi connectivity index (χ2n) is 4.63. The molecule has 0 aromatic carbocycles. The first kappa shape index (κ1) is 11.2. The second-order valence-corrected chi connectivity index (χ2v) is 6.13. The van der Waals surface area contributed by atoms with Crippen LogP contribution in [0, 0.1) is 12.8 Å². The first-order chi connectivity index (χ1) is 8.24. The molecule has 1 aliphatic rings. The van der Waals surface area contributed by atoms with E-state index in [4.69, 9.17) is 11.6 Å². The van der Waals surface area contributed by atoms with Crippen molar-refractivity contribution in [2.75, 3.05) is 11.9 Å².